The molecule has 0 saturated heterocycles. The number of carbonyl (C=O) groups is 1. The molecule has 1 aromatic carbocycles. The summed E-state index contributed by atoms with van der Waals surface area (Å²) in [4.78, 5) is 24.1. The Hall–Kier alpha value is -2.22. The minimum Gasteiger partial charge on any atom is -0.497 e. The minimum atomic E-state index is -0.263. The van der Waals surface area contributed by atoms with Crippen LogP contribution in [-0.2, 0) is 6.54 Å². The summed E-state index contributed by atoms with van der Waals surface area (Å²) < 4.78 is 11.9. The van der Waals surface area contributed by atoms with Gasteiger partial charge >= 0.3 is 5.69 Å². The maximum absolute atomic E-state index is 12.5. The van der Waals surface area contributed by atoms with Crippen molar-refractivity contribution in [3.63, 3.8) is 0 Å². The Labute approximate surface area is 138 Å². The minimum absolute atomic E-state index is 0.121. The molecule has 0 fully saturated rings. The summed E-state index contributed by atoms with van der Waals surface area (Å²) in [6, 6.07) is 5.07. The van der Waals surface area contributed by atoms with Gasteiger partial charge in [0.15, 0.2) is 10.9 Å². The van der Waals surface area contributed by atoms with Gasteiger partial charge in [0.2, 0.25) is 0 Å². The summed E-state index contributed by atoms with van der Waals surface area (Å²) in [6.45, 7) is 2.54. The summed E-state index contributed by atoms with van der Waals surface area (Å²) in [6.07, 6.45) is 0.810. The predicted octanol–water partition coefficient (Wildman–Crippen LogP) is 1.97. The first-order valence-electron chi connectivity index (χ1n) is 7.14. The molecule has 23 heavy (non-hydrogen) atoms. The normalized spacial score (nSPS) is 10.6. The Morgan fingerprint density at radius 2 is 2.13 bits per heavy atom. The second kappa shape index (κ2) is 7.87. The molecule has 124 valence electrons. The highest BCUT2D eigenvalue weighted by Crippen LogP contribution is 2.26. The average Bonchev–Trinajstić information content (AvgIpc) is 2.92. The van der Waals surface area contributed by atoms with Crippen molar-refractivity contribution in [1.82, 2.24) is 14.8 Å². The molecule has 0 radical (unpaired) electrons. The standard InChI is InChI=1S/C15H19N3O4S/c1-4-7-18-14(20)16-17-15(18)23-9-12(19)11-8-10(21-2)5-6-13(11)22-3/h5-6,8H,4,7,9H2,1-3H3,(H,16,20). The quantitative estimate of drug-likeness (QED) is 0.585. The van der Waals surface area contributed by atoms with Crippen molar-refractivity contribution in [1.29, 1.82) is 0 Å². The maximum atomic E-state index is 12.5. The van der Waals surface area contributed by atoms with E-state index in [-0.39, 0.29) is 17.2 Å². The monoisotopic (exact) mass is 337 g/mol. The van der Waals surface area contributed by atoms with Gasteiger partial charge < -0.3 is 9.47 Å². The second-order valence-corrected chi connectivity index (χ2v) is 5.68. The zero-order valence-electron chi connectivity index (χ0n) is 13.3. The number of methoxy groups -OCH3 is 2. The van der Waals surface area contributed by atoms with Crippen molar-refractivity contribution in [2.24, 2.45) is 0 Å². The number of hydrogen-bond donors (Lipinski definition) is 1. The Balaban J connectivity index is 2.15. The fraction of sp³-hybridized carbons (Fsp3) is 0.400. The van der Waals surface area contributed by atoms with E-state index in [2.05, 4.69) is 10.2 Å². The lowest BCUT2D eigenvalue weighted by Crippen LogP contribution is -2.17. The number of H-pyrrole nitrogens is 1. The third kappa shape index (κ3) is 3.95. The van der Waals surface area contributed by atoms with Crippen LogP contribution < -0.4 is 15.2 Å². The molecule has 2 aromatic rings. The number of aromatic amines is 1. The van der Waals surface area contributed by atoms with E-state index in [1.807, 2.05) is 6.92 Å². The molecule has 7 nitrogen and oxygen atoms in total. The van der Waals surface area contributed by atoms with Crippen LogP contribution in [0.15, 0.2) is 28.2 Å². The number of ketones is 1. The van der Waals surface area contributed by atoms with E-state index in [4.69, 9.17) is 9.47 Å². The zero-order valence-corrected chi connectivity index (χ0v) is 14.1. The molecule has 1 aromatic heterocycles. The number of nitrogens with one attached hydrogen (secondary N) is 1. The highest BCUT2D eigenvalue weighted by molar-refractivity contribution is 7.99. The molecule has 1 heterocycles. The molecular weight excluding hydrogens is 318 g/mol. The highest BCUT2D eigenvalue weighted by atomic mass is 32.2. The van der Waals surface area contributed by atoms with E-state index in [9.17, 15) is 9.59 Å². The summed E-state index contributed by atoms with van der Waals surface area (Å²) in [5.41, 5.74) is 0.181. The fourth-order valence-electron chi connectivity index (χ4n) is 2.07. The topological polar surface area (TPSA) is 86.2 Å². The van der Waals surface area contributed by atoms with E-state index in [0.29, 0.717) is 28.8 Å². The van der Waals surface area contributed by atoms with Crippen LogP contribution in [0.5, 0.6) is 11.5 Å². The molecule has 1 N–H and O–H groups in total. The number of ether oxygens (including phenoxy) is 2. The Morgan fingerprint density at radius 1 is 1.35 bits per heavy atom. The molecule has 2 rings (SSSR count). The number of aromatic nitrogens is 3. The first kappa shape index (κ1) is 17.1. The third-order valence-electron chi connectivity index (χ3n) is 3.21. The molecule has 0 bridgehead atoms. The van der Waals surface area contributed by atoms with Crippen LogP contribution in [0.3, 0.4) is 0 Å². The number of rotatable bonds is 8. The lowest BCUT2D eigenvalue weighted by molar-refractivity contribution is 0.101. The van der Waals surface area contributed by atoms with E-state index in [1.54, 1.807) is 18.2 Å². The molecule has 0 atom stereocenters. The van der Waals surface area contributed by atoms with E-state index >= 15 is 0 Å². The highest BCUT2D eigenvalue weighted by Gasteiger charge is 2.16. The molecule has 0 spiro atoms. The van der Waals surface area contributed by atoms with Crippen LogP contribution in [0.2, 0.25) is 0 Å². The molecular formula is C15H19N3O4S. The van der Waals surface area contributed by atoms with Crippen molar-refractivity contribution in [2.75, 3.05) is 20.0 Å². The molecule has 0 aliphatic heterocycles. The maximum Gasteiger partial charge on any atom is 0.343 e. The van der Waals surface area contributed by atoms with Gasteiger partial charge in [-0.25, -0.2) is 9.89 Å². The number of benzene rings is 1. The molecule has 0 saturated carbocycles. The lowest BCUT2D eigenvalue weighted by atomic mass is 10.1. The average molecular weight is 337 g/mol. The number of carbonyl (C=O) groups excluding carboxylic acids is 1. The Kier molecular flexibility index (Phi) is 5.86. The number of nitrogens with zero attached hydrogens (tertiary/aromatic N) is 2. The van der Waals surface area contributed by atoms with Gasteiger partial charge in [-0.2, -0.15) is 0 Å². The van der Waals surface area contributed by atoms with Crippen LogP contribution in [0, 0.1) is 0 Å². The molecule has 8 heteroatoms. The summed E-state index contributed by atoms with van der Waals surface area (Å²) >= 11 is 1.22. The van der Waals surface area contributed by atoms with E-state index < -0.39 is 0 Å². The summed E-state index contributed by atoms with van der Waals surface area (Å²) in [5.74, 6) is 1.10. The number of hydrogen-bond acceptors (Lipinski definition) is 6. The van der Waals surface area contributed by atoms with Gasteiger partial charge in [-0.1, -0.05) is 18.7 Å². The molecule has 0 unspecified atom stereocenters. The number of thioether (sulfide) groups is 1. The van der Waals surface area contributed by atoms with Gasteiger partial charge in [-0.15, -0.1) is 5.10 Å². The van der Waals surface area contributed by atoms with Gasteiger partial charge in [0.25, 0.3) is 0 Å². The first-order valence-corrected chi connectivity index (χ1v) is 8.12. The van der Waals surface area contributed by atoms with Gasteiger partial charge in [0, 0.05) is 6.54 Å². The Morgan fingerprint density at radius 3 is 2.78 bits per heavy atom. The van der Waals surface area contributed by atoms with Crippen LogP contribution >= 0.6 is 11.8 Å². The second-order valence-electron chi connectivity index (χ2n) is 4.74. The van der Waals surface area contributed by atoms with E-state index in [0.717, 1.165) is 6.42 Å². The van der Waals surface area contributed by atoms with Crippen LogP contribution in [0.25, 0.3) is 0 Å². The van der Waals surface area contributed by atoms with Gasteiger partial charge in [-0.05, 0) is 24.6 Å². The summed E-state index contributed by atoms with van der Waals surface area (Å²) in [7, 11) is 3.05. The van der Waals surface area contributed by atoms with E-state index in [1.165, 1.54) is 30.5 Å². The largest absolute Gasteiger partial charge is 0.497 e. The van der Waals surface area contributed by atoms with Gasteiger partial charge in [-0.3, -0.25) is 9.36 Å². The lowest BCUT2D eigenvalue weighted by Gasteiger charge is -2.09. The molecule has 0 aliphatic rings. The SMILES string of the molecule is CCCn1c(SCC(=O)c2cc(OC)ccc2OC)n[nH]c1=O. The predicted molar refractivity (Wildman–Crippen MR) is 87.7 cm³/mol. The van der Waals surface area contributed by atoms with Crippen LogP contribution in [0.1, 0.15) is 23.7 Å². The van der Waals surface area contributed by atoms with Gasteiger partial charge in [0.05, 0.1) is 25.5 Å². The molecule has 0 amide bonds. The summed E-state index contributed by atoms with van der Waals surface area (Å²) in [5, 5.41) is 6.87. The van der Waals surface area contributed by atoms with Crippen molar-refractivity contribution in [2.45, 2.75) is 25.0 Å². The van der Waals surface area contributed by atoms with Crippen LogP contribution in [0.4, 0.5) is 0 Å². The fourth-order valence-corrected chi connectivity index (χ4v) is 2.93. The first-order chi connectivity index (χ1) is 11.1. The van der Waals surface area contributed by atoms with Crippen molar-refractivity contribution >= 4 is 17.5 Å². The van der Waals surface area contributed by atoms with Crippen molar-refractivity contribution in [3.8, 4) is 11.5 Å². The third-order valence-corrected chi connectivity index (χ3v) is 4.19. The van der Waals surface area contributed by atoms with Gasteiger partial charge in [0.1, 0.15) is 11.5 Å². The molecule has 0 aliphatic carbocycles. The zero-order chi connectivity index (χ0) is 16.8. The smallest absolute Gasteiger partial charge is 0.343 e. The van der Waals surface area contributed by atoms with Crippen molar-refractivity contribution in [3.05, 3.63) is 34.2 Å². The van der Waals surface area contributed by atoms with Crippen LogP contribution in [-0.4, -0.2) is 40.5 Å². The number of Topliss-reactive ketones (excluding diaryl/α,β-unsaturated/α-hetero) is 1. The van der Waals surface area contributed by atoms with Crippen molar-refractivity contribution < 1.29 is 14.3 Å². The Bertz CT molecular complexity index is 739.